The Morgan fingerprint density at radius 1 is 0.480 bits per heavy atom. The molecule has 0 saturated carbocycles. The van der Waals surface area contributed by atoms with Crippen LogP contribution in [0.2, 0.25) is 0 Å². The number of hydrogen-bond donors (Lipinski definition) is 0. The van der Waals surface area contributed by atoms with Gasteiger partial charge in [-0.2, -0.15) is 0 Å². The Morgan fingerprint density at radius 2 is 0.800 bits per heavy atom. The molecule has 1 radical (unpaired) electrons. The molecule has 6 aromatic rings. The van der Waals surface area contributed by atoms with E-state index in [4.69, 9.17) is 0 Å². The maximum Gasteiger partial charge on any atom is 3.00 e. The van der Waals surface area contributed by atoms with Gasteiger partial charge in [0.2, 0.25) is 0 Å². The van der Waals surface area contributed by atoms with Gasteiger partial charge < -0.3 is 24.8 Å². The second-order valence-corrected chi connectivity index (χ2v) is 11.1. The molecule has 0 spiro atoms. The SMILES string of the molecule is CC(C)c1cnc(-c2[c-]cc(F)cc2)c(-c2ccc(F)cc2)n1.CC(C)c1cnc(-c2[c-]cc(F)cc2)c(-c2ccc(F)cc2)n1.[CH3-].[CH3-].[Ir+3].[Ir]. The molecule has 2 aromatic heterocycles. The van der Waals surface area contributed by atoms with Gasteiger partial charge in [0.05, 0.1) is 22.8 Å². The van der Waals surface area contributed by atoms with Gasteiger partial charge in [-0.1, -0.05) is 52.0 Å². The summed E-state index contributed by atoms with van der Waals surface area (Å²) in [5.74, 6) is -0.901. The number of benzene rings is 4. The molecule has 0 N–H and O–H groups in total. The van der Waals surface area contributed by atoms with E-state index in [-0.39, 0.29) is 90.2 Å². The van der Waals surface area contributed by atoms with Gasteiger partial charge in [0, 0.05) is 55.5 Å². The van der Waals surface area contributed by atoms with Gasteiger partial charge in [-0.05, 0) is 47.2 Å². The smallest absolute Gasteiger partial charge is 0.358 e. The molecule has 10 heteroatoms. The van der Waals surface area contributed by atoms with E-state index in [1.54, 1.807) is 48.8 Å². The molecule has 0 amide bonds. The van der Waals surface area contributed by atoms with Gasteiger partial charge in [-0.25, -0.2) is 8.78 Å². The molecular formula is C40H36F4Ir2N4-. The van der Waals surface area contributed by atoms with Crippen molar-refractivity contribution in [3.63, 3.8) is 0 Å². The van der Waals surface area contributed by atoms with Crippen LogP contribution >= 0.6 is 0 Å². The van der Waals surface area contributed by atoms with Crippen LogP contribution in [0.15, 0.2) is 97.3 Å². The van der Waals surface area contributed by atoms with Gasteiger partial charge >= 0.3 is 20.1 Å². The maximum absolute atomic E-state index is 13.2. The number of halogens is 4. The molecule has 50 heavy (non-hydrogen) atoms. The van der Waals surface area contributed by atoms with E-state index in [1.165, 1.54) is 48.5 Å². The van der Waals surface area contributed by atoms with Crippen LogP contribution in [0.1, 0.15) is 50.9 Å². The van der Waals surface area contributed by atoms with E-state index < -0.39 is 0 Å². The van der Waals surface area contributed by atoms with Crippen LogP contribution in [-0.2, 0) is 40.2 Å². The summed E-state index contributed by atoms with van der Waals surface area (Å²) < 4.78 is 52.7. The zero-order chi connectivity index (χ0) is 32.8. The van der Waals surface area contributed by atoms with Crippen molar-refractivity contribution >= 4 is 0 Å². The quantitative estimate of drug-likeness (QED) is 0.123. The van der Waals surface area contributed by atoms with E-state index in [9.17, 15) is 17.6 Å². The predicted octanol–water partition coefficient (Wildman–Crippen LogP) is 10.9. The molecule has 0 aliphatic carbocycles. The fourth-order valence-electron chi connectivity index (χ4n) is 4.48. The Morgan fingerprint density at radius 3 is 1.08 bits per heavy atom. The Kier molecular flexibility index (Phi) is 17.7. The van der Waals surface area contributed by atoms with Crippen LogP contribution in [0, 0.1) is 50.3 Å². The normalized spacial score (nSPS) is 10.1. The molecule has 0 aliphatic heterocycles. The molecule has 0 saturated heterocycles. The Labute approximate surface area is 319 Å². The third kappa shape index (κ3) is 11.0. The third-order valence-corrected chi connectivity index (χ3v) is 7.06. The summed E-state index contributed by atoms with van der Waals surface area (Å²) in [5.41, 5.74) is 6.97. The summed E-state index contributed by atoms with van der Waals surface area (Å²) in [6.45, 7) is 8.12. The molecule has 4 nitrogen and oxygen atoms in total. The molecule has 0 atom stereocenters. The summed E-state index contributed by atoms with van der Waals surface area (Å²) in [4.78, 5) is 18.3. The van der Waals surface area contributed by atoms with Crippen LogP contribution in [-0.4, -0.2) is 19.9 Å². The molecule has 263 valence electrons. The number of rotatable bonds is 6. The van der Waals surface area contributed by atoms with Crippen molar-refractivity contribution in [3.05, 3.63) is 159 Å². The number of nitrogens with zero attached hydrogens (tertiary/aromatic N) is 4. The average Bonchev–Trinajstić information content (AvgIpc) is 3.06. The van der Waals surface area contributed by atoms with Crippen molar-refractivity contribution in [2.45, 2.75) is 39.5 Å². The fourth-order valence-corrected chi connectivity index (χ4v) is 4.48. The molecule has 0 aliphatic rings. The van der Waals surface area contributed by atoms with E-state index in [0.29, 0.717) is 33.9 Å². The van der Waals surface area contributed by atoms with Crippen molar-refractivity contribution in [2.24, 2.45) is 0 Å². The molecule has 6 rings (SSSR count). The zero-order valence-corrected chi connectivity index (χ0v) is 33.1. The molecule has 4 aromatic carbocycles. The van der Waals surface area contributed by atoms with Gasteiger partial charge in [0.25, 0.3) is 0 Å². The van der Waals surface area contributed by atoms with Crippen LogP contribution in [0.3, 0.4) is 0 Å². The fraction of sp³-hybridized carbons (Fsp3) is 0.150. The minimum absolute atomic E-state index is 0. The van der Waals surface area contributed by atoms with Crippen molar-refractivity contribution in [3.8, 4) is 45.0 Å². The first-order chi connectivity index (χ1) is 22.1. The predicted molar refractivity (Wildman–Crippen MR) is 184 cm³/mol. The summed E-state index contributed by atoms with van der Waals surface area (Å²) >= 11 is 0. The van der Waals surface area contributed by atoms with Gasteiger partial charge in [0.1, 0.15) is 11.6 Å². The number of aromatic nitrogens is 4. The molecular weight excluding hydrogens is 997 g/mol. The average molecular weight is 1030 g/mol. The van der Waals surface area contributed by atoms with E-state index >= 15 is 0 Å². The van der Waals surface area contributed by atoms with E-state index in [0.717, 1.165) is 22.5 Å². The van der Waals surface area contributed by atoms with Crippen LogP contribution in [0.4, 0.5) is 17.6 Å². The topological polar surface area (TPSA) is 51.6 Å². The van der Waals surface area contributed by atoms with Gasteiger partial charge in [-0.3, -0.25) is 18.7 Å². The Balaban J connectivity index is 0.000000463. The van der Waals surface area contributed by atoms with E-state index in [1.807, 2.05) is 27.7 Å². The second-order valence-electron chi connectivity index (χ2n) is 11.1. The molecule has 0 fully saturated rings. The Hall–Kier alpha value is -3.94. The third-order valence-electron chi connectivity index (χ3n) is 7.06. The van der Waals surface area contributed by atoms with Crippen LogP contribution in [0.5, 0.6) is 0 Å². The van der Waals surface area contributed by atoms with Crippen LogP contribution in [0.25, 0.3) is 45.0 Å². The van der Waals surface area contributed by atoms with Crippen molar-refractivity contribution in [1.29, 1.82) is 0 Å². The number of hydrogen-bond acceptors (Lipinski definition) is 4. The first kappa shape index (κ1) is 44.1. The molecule has 0 bridgehead atoms. The zero-order valence-electron chi connectivity index (χ0n) is 28.4. The van der Waals surface area contributed by atoms with Crippen molar-refractivity contribution < 1.29 is 57.8 Å². The summed E-state index contributed by atoms with van der Waals surface area (Å²) in [5, 5.41) is 0. The molecule has 0 unspecified atom stereocenters. The van der Waals surface area contributed by atoms with Crippen LogP contribution < -0.4 is 0 Å². The summed E-state index contributed by atoms with van der Waals surface area (Å²) in [7, 11) is 0. The molecule has 2 heterocycles. The van der Waals surface area contributed by atoms with Crippen molar-refractivity contribution in [1.82, 2.24) is 19.9 Å². The summed E-state index contributed by atoms with van der Waals surface area (Å²) in [6, 6.07) is 26.4. The first-order valence-corrected chi connectivity index (χ1v) is 14.7. The maximum atomic E-state index is 13.2. The Bertz CT molecular complexity index is 1770. The monoisotopic (exact) mass is 1030 g/mol. The van der Waals surface area contributed by atoms with Gasteiger partial charge in [-0.15, -0.1) is 59.7 Å². The first-order valence-electron chi connectivity index (χ1n) is 14.7. The second kappa shape index (κ2) is 20.0. The summed E-state index contributed by atoms with van der Waals surface area (Å²) in [6.07, 6.45) is 3.43. The van der Waals surface area contributed by atoms with Gasteiger partial charge in [0.15, 0.2) is 0 Å². The minimum Gasteiger partial charge on any atom is -0.358 e. The standard InChI is InChI=1S/2C19H15F2N2.2CH3.2Ir/c2*1-12(2)17-11-22-18(13-3-7-15(20)8-4-13)19(23-17)14-5-9-16(21)10-6-14;;;;/h2*3,5-12H,1-2H3;2*1H3;;/q4*-1;;+3. The van der Waals surface area contributed by atoms with Crippen molar-refractivity contribution in [2.75, 3.05) is 0 Å². The minimum atomic E-state index is -0.358. The van der Waals surface area contributed by atoms with E-state index in [2.05, 4.69) is 32.1 Å². The largest absolute Gasteiger partial charge is 3.00 e.